The lowest BCUT2D eigenvalue weighted by molar-refractivity contribution is -0.140. The lowest BCUT2D eigenvalue weighted by atomic mass is 9.85. The minimum Gasteiger partial charge on any atom is -0.477 e. The first kappa shape index (κ1) is 13.5. The van der Waals surface area contributed by atoms with Crippen LogP contribution in [0.15, 0.2) is 30.4 Å². The molecule has 1 saturated heterocycles. The summed E-state index contributed by atoms with van der Waals surface area (Å²) in [5.41, 5.74) is 0.314. The molecule has 1 aromatic rings. The third kappa shape index (κ3) is 2.33. The van der Waals surface area contributed by atoms with E-state index in [4.69, 9.17) is 5.11 Å². The topological polar surface area (TPSA) is 87.6 Å². The van der Waals surface area contributed by atoms with E-state index in [1.54, 1.807) is 12.1 Å². The summed E-state index contributed by atoms with van der Waals surface area (Å²) in [5.74, 6) is -2.04. The Labute approximate surface area is 121 Å². The monoisotopic (exact) mass is 286 g/mol. The van der Waals surface area contributed by atoms with Gasteiger partial charge in [-0.05, 0) is 25.0 Å². The first-order valence-electron chi connectivity index (χ1n) is 6.77. The van der Waals surface area contributed by atoms with E-state index < -0.39 is 5.97 Å². The Bertz CT molecular complexity index is 627. The van der Waals surface area contributed by atoms with Gasteiger partial charge in [0.15, 0.2) is 0 Å². The smallest absolute Gasteiger partial charge is 0.354 e. The second-order valence-corrected chi connectivity index (χ2v) is 5.24. The highest BCUT2D eigenvalue weighted by molar-refractivity contribution is 6.05. The summed E-state index contributed by atoms with van der Waals surface area (Å²) in [6.07, 6.45) is 5.04. The Balaban J connectivity index is 1.82. The third-order valence-electron chi connectivity index (χ3n) is 3.94. The third-order valence-corrected chi connectivity index (χ3v) is 3.94. The van der Waals surface area contributed by atoms with Crippen molar-refractivity contribution in [2.24, 2.45) is 11.8 Å². The molecule has 3 rings (SSSR count). The maximum Gasteiger partial charge on any atom is 0.354 e. The Kier molecular flexibility index (Phi) is 3.29. The second kappa shape index (κ2) is 5.12. The van der Waals surface area contributed by atoms with Crippen molar-refractivity contribution in [3.63, 3.8) is 0 Å². The number of aromatic carboxylic acids is 1. The molecule has 1 N–H and O–H groups in total. The van der Waals surface area contributed by atoms with Gasteiger partial charge in [0.05, 0.1) is 24.1 Å². The van der Waals surface area contributed by atoms with Gasteiger partial charge in [0.2, 0.25) is 11.8 Å². The lowest BCUT2D eigenvalue weighted by Gasteiger charge is -2.14. The molecule has 1 aromatic heterocycles. The fraction of sp³-hybridized carbons (Fsp3) is 0.333. The van der Waals surface area contributed by atoms with Gasteiger partial charge in [-0.2, -0.15) is 0 Å². The molecule has 2 amide bonds. The maximum atomic E-state index is 12.3. The predicted octanol–water partition coefficient (Wildman–Crippen LogP) is 1.23. The number of nitrogens with zero attached hydrogens (tertiary/aromatic N) is 2. The first-order chi connectivity index (χ1) is 10.1. The van der Waals surface area contributed by atoms with Gasteiger partial charge in [-0.3, -0.25) is 14.5 Å². The number of aromatic nitrogens is 1. The summed E-state index contributed by atoms with van der Waals surface area (Å²) in [7, 11) is 0. The molecule has 6 nitrogen and oxygen atoms in total. The zero-order valence-electron chi connectivity index (χ0n) is 11.2. The van der Waals surface area contributed by atoms with E-state index in [2.05, 4.69) is 4.98 Å². The highest BCUT2D eigenvalue weighted by Gasteiger charge is 2.47. The summed E-state index contributed by atoms with van der Waals surface area (Å²) >= 11 is 0. The van der Waals surface area contributed by atoms with E-state index >= 15 is 0 Å². The molecule has 0 spiro atoms. The molecular formula is C15H14N2O4. The molecule has 0 saturated carbocycles. The summed E-state index contributed by atoms with van der Waals surface area (Å²) in [6, 6.07) is 4.56. The molecule has 0 aromatic carbocycles. The van der Waals surface area contributed by atoms with Crippen LogP contribution in [0.4, 0.5) is 0 Å². The number of hydrogen-bond acceptors (Lipinski definition) is 4. The van der Waals surface area contributed by atoms with E-state index in [1.165, 1.54) is 11.0 Å². The minimum absolute atomic E-state index is 0.0335. The van der Waals surface area contributed by atoms with Crippen molar-refractivity contribution in [2.75, 3.05) is 0 Å². The van der Waals surface area contributed by atoms with Crippen LogP contribution in [0.1, 0.15) is 29.0 Å². The quantitative estimate of drug-likeness (QED) is 0.667. The number of carbonyl (C=O) groups excluding carboxylic acids is 2. The van der Waals surface area contributed by atoms with Gasteiger partial charge in [0, 0.05) is 0 Å². The van der Waals surface area contributed by atoms with Crippen molar-refractivity contribution in [3.05, 3.63) is 41.7 Å². The Hall–Kier alpha value is -2.50. The number of hydrogen-bond donors (Lipinski definition) is 1. The van der Waals surface area contributed by atoms with Crippen LogP contribution < -0.4 is 0 Å². The van der Waals surface area contributed by atoms with Gasteiger partial charge < -0.3 is 5.11 Å². The number of carbonyl (C=O) groups is 3. The molecule has 2 heterocycles. The van der Waals surface area contributed by atoms with Crippen molar-refractivity contribution in [2.45, 2.75) is 19.4 Å². The summed E-state index contributed by atoms with van der Waals surface area (Å²) in [5, 5.41) is 8.92. The molecular weight excluding hydrogens is 272 g/mol. The molecule has 2 atom stereocenters. The highest BCUT2D eigenvalue weighted by atomic mass is 16.4. The van der Waals surface area contributed by atoms with Crippen LogP contribution in [0.25, 0.3) is 0 Å². The second-order valence-electron chi connectivity index (χ2n) is 5.24. The van der Waals surface area contributed by atoms with Crippen LogP contribution in [-0.2, 0) is 16.1 Å². The van der Waals surface area contributed by atoms with E-state index in [9.17, 15) is 14.4 Å². The van der Waals surface area contributed by atoms with Crippen LogP contribution in [0, 0.1) is 11.8 Å². The summed E-state index contributed by atoms with van der Waals surface area (Å²) < 4.78 is 0. The molecule has 0 bridgehead atoms. The Morgan fingerprint density at radius 2 is 1.81 bits per heavy atom. The van der Waals surface area contributed by atoms with E-state index in [0.29, 0.717) is 18.5 Å². The number of carboxylic acid groups (broad SMARTS) is 1. The maximum absolute atomic E-state index is 12.3. The average Bonchev–Trinajstić information content (AvgIpc) is 2.73. The normalized spacial score (nSPS) is 24.3. The predicted molar refractivity (Wildman–Crippen MR) is 72.1 cm³/mol. The van der Waals surface area contributed by atoms with Crippen LogP contribution in [-0.4, -0.2) is 32.8 Å². The van der Waals surface area contributed by atoms with Crippen molar-refractivity contribution in [1.29, 1.82) is 0 Å². The first-order valence-corrected chi connectivity index (χ1v) is 6.77. The van der Waals surface area contributed by atoms with Crippen molar-refractivity contribution < 1.29 is 19.5 Å². The zero-order valence-corrected chi connectivity index (χ0v) is 11.2. The van der Waals surface area contributed by atoms with Gasteiger partial charge in [-0.15, -0.1) is 0 Å². The van der Waals surface area contributed by atoms with Gasteiger partial charge in [0.25, 0.3) is 0 Å². The van der Waals surface area contributed by atoms with Crippen LogP contribution >= 0.6 is 0 Å². The van der Waals surface area contributed by atoms with E-state index in [1.807, 2.05) is 12.2 Å². The van der Waals surface area contributed by atoms with E-state index in [-0.39, 0.29) is 35.9 Å². The number of allylic oxidation sites excluding steroid dienone is 2. The molecule has 108 valence electrons. The van der Waals surface area contributed by atoms with Crippen LogP contribution in [0.5, 0.6) is 0 Å². The van der Waals surface area contributed by atoms with Crippen molar-refractivity contribution in [1.82, 2.24) is 9.88 Å². The molecule has 2 unspecified atom stereocenters. The Morgan fingerprint density at radius 3 is 2.38 bits per heavy atom. The minimum atomic E-state index is -1.13. The molecule has 21 heavy (non-hydrogen) atoms. The molecule has 1 aliphatic carbocycles. The van der Waals surface area contributed by atoms with Crippen LogP contribution in [0.3, 0.4) is 0 Å². The number of carboxylic acids is 1. The average molecular weight is 286 g/mol. The fourth-order valence-electron chi connectivity index (χ4n) is 2.87. The highest BCUT2D eigenvalue weighted by Crippen LogP contribution is 2.35. The number of imide groups is 1. The zero-order chi connectivity index (χ0) is 15.0. The number of likely N-dealkylation sites (tertiary alicyclic amines) is 1. The number of rotatable bonds is 3. The number of pyridine rings is 1. The number of amides is 2. The number of fused-ring (bicyclic) bond motifs is 1. The van der Waals surface area contributed by atoms with Crippen molar-refractivity contribution >= 4 is 17.8 Å². The standard InChI is InChI=1S/C15H14N2O4/c18-13-10-5-1-2-6-11(10)14(19)17(13)8-9-4-3-7-12(16-9)15(20)21/h1-4,7,10-11H,5-6,8H2,(H,20,21). The SMILES string of the molecule is O=C(O)c1cccc(CN2C(=O)C3CC=CCC3C2=O)n1. The van der Waals surface area contributed by atoms with Gasteiger partial charge in [-0.1, -0.05) is 18.2 Å². The molecule has 1 aliphatic heterocycles. The van der Waals surface area contributed by atoms with Gasteiger partial charge in [-0.25, -0.2) is 9.78 Å². The van der Waals surface area contributed by atoms with E-state index in [0.717, 1.165) is 0 Å². The van der Waals surface area contributed by atoms with Gasteiger partial charge >= 0.3 is 5.97 Å². The fourth-order valence-corrected chi connectivity index (χ4v) is 2.87. The van der Waals surface area contributed by atoms with Crippen molar-refractivity contribution in [3.8, 4) is 0 Å². The lowest BCUT2D eigenvalue weighted by Crippen LogP contribution is -2.31. The molecule has 2 aliphatic rings. The summed E-state index contributed by atoms with van der Waals surface area (Å²) in [4.78, 5) is 40.7. The molecule has 0 radical (unpaired) electrons. The molecule has 1 fully saturated rings. The molecule has 6 heteroatoms. The Morgan fingerprint density at radius 1 is 1.19 bits per heavy atom. The summed E-state index contributed by atoms with van der Waals surface area (Å²) in [6.45, 7) is 0.0335. The van der Waals surface area contributed by atoms with Crippen LogP contribution in [0.2, 0.25) is 0 Å². The largest absolute Gasteiger partial charge is 0.477 e. The van der Waals surface area contributed by atoms with Gasteiger partial charge in [0.1, 0.15) is 5.69 Å².